The second-order valence-electron chi connectivity index (χ2n) is 3.58. The molecular formula is C12H18O7. The molecule has 0 amide bonds. The molecule has 108 valence electrons. The number of hydrogen-bond donors (Lipinski definition) is 1. The van der Waals surface area contributed by atoms with Crippen LogP contribution in [0.15, 0.2) is 12.2 Å². The number of aliphatic carboxylic acids is 1. The molecule has 0 fully saturated rings. The topological polar surface area (TPSA) is 99.1 Å². The van der Waals surface area contributed by atoms with E-state index in [4.69, 9.17) is 14.6 Å². The van der Waals surface area contributed by atoms with Gasteiger partial charge in [-0.2, -0.15) is 0 Å². The molecule has 0 unspecified atom stereocenters. The first kappa shape index (κ1) is 17.1. The van der Waals surface area contributed by atoms with Gasteiger partial charge in [-0.25, -0.2) is 9.59 Å². The van der Waals surface area contributed by atoms with E-state index in [-0.39, 0.29) is 18.8 Å². The second kappa shape index (κ2) is 10.1. The molecule has 0 aromatic carbocycles. The summed E-state index contributed by atoms with van der Waals surface area (Å²) in [5.74, 6) is -2.85. The van der Waals surface area contributed by atoms with Gasteiger partial charge in [-0.3, -0.25) is 4.79 Å². The summed E-state index contributed by atoms with van der Waals surface area (Å²) in [5, 5.41) is 8.42. The first-order valence-electron chi connectivity index (χ1n) is 5.77. The Kier molecular flexibility index (Phi) is 9.07. The molecule has 0 aliphatic rings. The average Bonchev–Trinajstić information content (AvgIpc) is 2.34. The van der Waals surface area contributed by atoms with Crippen molar-refractivity contribution in [3.8, 4) is 0 Å². The third-order valence-corrected chi connectivity index (χ3v) is 1.81. The number of rotatable bonds is 10. The molecule has 0 aromatic rings. The van der Waals surface area contributed by atoms with Crippen molar-refractivity contribution in [2.45, 2.75) is 19.8 Å². The number of hydrogen-bond acceptors (Lipinski definition) is 6. The Hall–Kier alpha value is -1.89. The van der Waals surface area contributed by atoms with Gasteiger partial charge in [0.05, 0.1) is 13.0 Å². The highest BCUT2D eigenvalue weighted by Gasteiger charge is 2.14. The van der Waals surface area contributed by atoms with Crippen LogP contribution in [0.5, 0.6) is 0 Å². The molecule has 1 N–H and O–H groups in total. The van der Waals surface area contributed by atoms with Crippen LogP contribution in [0.4, 0.5) is 0 Å². The summed E-state index contributed by atoms with van der Waals surface area (Å²) in [5.41, 5.74) is -0.230. The summed E-state index contributed by atoms with van der Waals surface area (Å²) in [6, 6.07) is 0. The van der Waals surface area contributed by atoms with Crippen molar-refractivity contribution in [3.05, 3.63) is 12.2 Å². The van der Waals surface area contributed by atoms with Crippen molar-refractivity contribution in [2.75, 3.05) is 26.4 Å². The molecule has 0 spiro atoms. The van der Waals surface area contributed by atoms with Gasteiger partial charge >= 0.3 is 17.9 Å². The molecule has 0 heterocycles. The van der Waals surface area contributed by atoms with Crippen molar-refractivity contribution in [1.82, 2.24) is 0 Å². The zero-order valence-corrected chi connectivity index (χ0v) is 10.8. The van der Waals surface area contributed by atoms with Crippen LogP contribution in [0.2, 0.25) is 0 Å². The van der Waals surface area contributed by atoms with Gasteiger partial charge < -0.3 is 19.3 Å². The molecule has 7 nitrogen and oxygen atoms in total. The van der Waals surface area contributed by atoms with Gasteiger partial charge in [-0.05, 0) is 6.42 Å². The number of carboxylic acids is 1. The van der Waals surface area contributed by atoms with E-state index in [0.29, 0.717) is 6.61 Å². The first-order chi connectivity index (χ1) is 8.97. The maximum absolute atomic E-state index is 11.2. The van der Waals surface area contributed by atoms with Crippen molar-refractivity contribution in [1.29, 1.82) is 0 Å². The molecule has 0 saturated heterocycles. The molecule has 0 aliphatic heterocycles. The molecule has 7 heteroatoms. The lowest BCUT2D eigenvalue weighted by atomic mass is 10.2. The summed E-state index contributed by atoms with van der Waals surface area (Å²) in [4.78, 5) is 32.6. The van der Waals surface area contributed by atoms with Crippen molar-refractivity contribution >= 4 is 17.9 Å². The van der Waals surface area contributed by atoms with Crippen LogP contribution in [0.3, 0.4) is 0 Å². The number of carbonyl (C=O) groups excluding carboxylic acids is 2. The van der Waals surface area contributed by atoms with Crippen LogP contribution in [-0.4, -0.2) is 49.4 Å². The fourth-order valence-corrected chi connectivity index (χ4v) is 0.984. The van der Waals surface area contributed by atoms with E-state index >= 15 is 0 Å². The zero-order chi connectivity index (χ0) is 14.7. The van der Waals surface area contributed by atoms with E-state index in [1.807, 2.05) is 6.92 Å². The highest BCUT2D eigenvalue weighted by atomic mass is 16.6. The Morgan fingerprint density at radius 1 is 1.11 bits per heavy atom. The minimum Gasteiger partial charge on any atom is -0.481 e. The quantitative estimate of drug-likeness (QED) is 0.352. The van der Waals surface area contributed by atoms with Crippen LogP contribution in [0, 0.1) is 0 Å². The fourth-order valence-electron chi connectivity index (χ4n) is 0.984. The van der Waals surface area contributed by atoms with Gasteiger partial charge in [0.25, 0.3) is 0 Å². The smallest absolute Gasteiger partial charge is 0.344 e. The fraction of sp³-hybridized carbons (Fsp3) is 0.583. The maximum atomic E-state index is 11.2. The Bertz CT molecular complexity index is 335. The highest BCUT2D eigenvalue weighted by molar-refractivity contribution is 5.93. The van der Waals surface area contributed by atoms with Crippen molar-refractivity contribution in [3.63, 3.8) is 0 Å². The van der Waals surface area contributed by atoms with E-state index in [9.17, 15) is 14.4 Å². The molecule has 0 atom stereocenters. The number of carboxylic acid groups (broad SMARTS) is 1. The summed E-state index contributed by atoms with van der Waals surface area (Å²) in [6.07, 6.45) is 0.343. The number of ether oxygens (including phenoxy) is 3. The van der Waals surface area contributed by atoms with Gasteiger partial charge in [0.15, 0.2) is 6.61 Å². The second-order valence-corrected chi connectivity index (χ2v) is 3.58. The van der Waals surface area contributed by atoms with Gasteiger partial charge in [-0.1, -0.05) is 13.5 Å². The SMILES string of the molecule is C=C(CC(=O)O)C(=O)OCC(=O)OCCOCCC. The van der Waals surface area contributed by atoms with Crippen LogP contribution in [0.25, 0.3) is 0 Å². The van der Waals surface area contributed by atoms with E-state index in [2.05, 4.69) is 11.3 Å². The normalized spacial score (nSPS) is 9.74. The summed E-state index contributed by atoms with van der Waals surface area (Å²) in [6.45, 7) is 5.55. The summed E-state index contributed by atoms with van der Waals surface area (Å²) >= 11 is 0. The monoisotopic (exact) mass is 274 g/mol. The Balaban J connectivity index is 3.69. The molecule has 0 aliphatic carbocycles. The third kappa shape index (κ3) is 9.78. The van der Waals surface area contributed by atoms with E-state index in [0.717, 1.165) is 6.42 Å². The molecule has 0 aromatic heterocycles. The standard InChI is InChI=1S/C12H18O7/c1-3-4-17-5-6-18-11(15)8-19-12(16)9(2)7-10(13)14/h2-8H2,1H3,(H,13,14). The lowest BCUT2D eigenvalue weighted by Crippen LogP contribution is -2.20. The molecule has 0 saturated carbocycles. The Labute approximate surface area is 111 Å². The minimum atomic E-state index is -1.20. The molecule has 19 heavy (non-hydrogen) atoms. The molecule has 0 rings (SSSR count). The summed E-state index contributed by atoms with van der Waals surface area (Å²) < 4.78 is 14.3. The van der Waals surface area contributed by atoms with Gasteiger partial charge in [0.2, 0.25) is 0 Å². The predicted molar refractivity (Wildman–Crippen MR) is 64.4 cm³/mol. The Morgan fingerprint density at radius 2 is 1.79 bits per heavy atom. The highest BCUT2D eigenvalue weighted by Crippen LogP contribution is 2.01. The van der Waals surface area contributed by atoms with Crippen molar-refractivity contribution in [2.24, 2.45) is 0 Å². The Morgan fingerprint density at radius 3 is 2.37 bits per heavy atom. The molecule has 0 bridgehead atoms. The predicted octanol–water partition coefficient (Wildman–Crippen LogP) is 0.530. The molecule has 0 radical (unpaired) electrons. The maximum Gasteiger partial charge on any atom is 0.344 e. The van der Waals surface area contributed by atoms with Crippen LogP contribution >= 0.6 is 0 Å². The number of esters is 2. The third-order valence-electron chi connectivity index (χ3n) is 1.81. The van der Waals surface area contributed by atoms with Crippen LogP contribution in [0.1, 0.15) is 19.8 Å². The van der Waals surface area contributed by atoms with Gasteiger partial charge in [-0.15, -0.1) is 0 Å². The first-order valence-corrected chi connectivity index (χ1v) is 5.77. The van der Waals surface area contributed by atoms with Gasteiger partial charge in [0.1, 0.15) is 6.61 Å². The zero-order valence-electron chi connectivity index (χ0n) is 10.8. The average molecular weight is 274 g/mol. The number of carbonyl (C=O) groups is 3. The lowest BCUT2D eigenvalue weighted by molar-refractivity contribution is -0.157. The largest absolute Gasteiger partial charge is 0.481 e. The van der Waals surface area contributed by atoms with Crippen LogP contribution in [-0.2, 0) is 28.6 Å². The minimum absolute atomic E-state index is 0.0758. The van der Waals surface area contributed by atoms with E-state index < -0.39 is 30.9 Å². The van der Waals surface area contributed by atoms with E-state index in [1.54, 1.807) is 0 Å². The molecular weight excluding hydrogens is 256 g/mol. The summed E-state index contributed by atoms with van der Waals surface area (Å²) in [7, 11) is 0. The van der Waals surface area contributed by atoms with Crippen molar-refractivity contribution < 1.29 is 33.7 Å². The van der Waals surface area contributed by atoms with Gasteiger partial charge in [0, 0.05) is 12.2 Å². The van der Waals surface area contributed by atoms with Crippen LogP contribution < -0.4 is 0 Å². The van der Waals surface area contributed by atoms with E-state index in [1.165, 1.54) is 0 Å². The lowest BCUT2D eigenvalue weighted by Gasteiger charge is -2.07.